The van der Waals surface area contributed by atoms with Crippen LogP contribution in [0.1, 0.15) is 19.3 Å². The van der Waals surface area contributed by atoms with E-state index >= 15 is 0 Å². The van der Waals surface area contributed by atoms with Gasteiger partial charge in [-0.25, -0.2) is 0 Å². The smallest absolute Gasteiger partial charge is 0.304 e. The van der Waals surface area contributed by atoms with Crippen LogP contribution >= 0.6 is 0 Å². The predicted octanol–water partition coefficient (Wildman–Crippen LogP) is 2.03. The zero-order valence-corrected chi connectivity index (χ0v) is 7.20. The van der Waals surface area contributed by atoms with Crippen molar-refractivity contribution < 1.29 is 13.2 Å². The third-order valence-corrected chi connectivity index (χ3v) is 3.55. The molecule has 3 rings (SSSR count). The molecule has 0 unspecified atom stereocenters. The molecule has 3 fully saturated rings. The van der Waals surface area contributed by atoms with Crippen molar-refractivity contribution >= 4 is 0 Å². The molecule has 70 valence electrons. The molecule has 0 heterocycles. The highest BCUT2D eigenvalue weighted by molar-refractivity contribution is 5.25. The lowest BCUT2D eigenvalue weighted by atomic mass is 9.38. The number of halogens is 3. The lowest BCUT2D eigenvalue weighted by molar-refractivity contribution is -0.357. The zero-order chi connectivity index (χ0) is 9.20. The zero-order valence-electron chi connectivity index (χ0n) is 7.20. The van der Waals surface area contributed by atoms with Gasteiger partial charge < -0.3 is 4.90 Å². The molecule has 2 bridgehead atoms. The molecule has 3 saturated carbocycles. The van der Waals surface area contributed by atoms with Gasteiger partial charge in [-0.1, -0.05) is 0 Å². The third kappa shape index (κ3) is 0.696. The number of rotatable bonds is 1. The van der Waals surface area contributed by atoms with Crippen molar-refractivity contribution in [3.63, 3.8) is 0 Å². The van der Waals surface area contributed by atoms with Gasteiger partial charge in [0.15, 0.2) is 0 Å². The number of alkyl halides is 3. The second kappa shape index (κ2) is 1.81. The molecule has 4 heteroatoms. The Hall–Kier alpha value is -0.250. The fourth-order valence-corrected chi connectivity index (χ4v) is 2.51. The van der Waals surface area contributed by atoms with E-state index in [1.165, 1.54) is 0 Å². The Kier molecular flexibility index (Phi) is 1.26. The molecule has 12 heavy (non-hydrogen) atoms. The molecule has 0 aromatic rings. The van der Waals surface area contributed by atoms with Crippen molar-refractivity contribution in [1.82, 2.24) is 4.90 Å². The van der Waals surface area contributed by atoms with Gasteiger partial charge in [0, 0.05) is 5.54 Å². The van der Waals surface area contributed by atoms with Crippen LogP contribution in [0.5, 0.6) is 0 Å². The lowest BCUT2D eigenvalue weighted by Crippen LogP contribution is -2.77. The predicted molar refractivity (Wildman–Crippen MR) is 38.8 cm³/mol. The second-order valence-corrected chi connectivity index (χ2v) is 4.43. The quantitative estimate of drug-likeness (QED) is 0.595. The lowest BCUT2D eigenvalue weighted by Gasteiger charge is -2.72. The van der Waals surface area contributed by atoms with Crippen LogP contribution < -0.4 is 0 Å². The van der Waals surface area contributed by atoms with Gasteiger partial charge in [0.1, 0.15) is 0 Å². The van der Waals surface area contributed by atoms with Crippen LogP contribution in [0.3, 0.4) is 0 Å². The maximum Gasteiger partial charge on any atom is 0.394 e. The van der Waals surface area contributed by atoms with Gasteiger partial charge in [0.05, 0.1) is 5.41 Å². The van der Waals surface area contributed by atoms with E-state index in [4.69, 9.17) is 0 Å². The first-order chi connectivity index (χ1) is 5.31. The first-order valence-corrected chi connectivity index (χ1v) is 4.06. The molecule has 0 N–H and O–H groups in total. The van der Waals surface area contributed by atoms with Crippen molar-refractivity contribution in [1.29, 1.82) is 0 Å². The Morgan fingerprint density at radius 3 is 1.75 bits per heavy atom. The average molecular weight is 179 g/mol. The standard InChI is InChI=1S/C8H12F3N/c1-12(2)7-3-6(4-7,5-7)8(9,10)11/h3-5H2,1-2H3. The summed E-state index contributed by atoms with van der Waals surface area (Å²) in [4.78, 5) is 1.93. The molecule has 0 spiro atoms. The summed E-state index contributed by atoms with van der Waals surface area (Å²) in [5, 5.41) is 0. The van der Waals surface area contributed by atoms with E-state index in [1.54, 1.807) is 0 Å². The summed E-state index contributed by atoms with van der Waals surface area (Å²) in [5.74, 6) is 0. The summed E-state index contributed by atoms with van der Waals surface area (Å²) in [5.41, 5.74) is -1.40. The van der Waals surface area contributed by atoms with E-state index in [1.807, 2.05) is 19.0 Å². The first kappa shape index (κ1) is 8.35. The number of hydrogen-bond donors (Lipinski definition) is 0. The van der Waals surface area contributed by atoms with Crippen molar-refractivity contribution in [2.45, 2.75) is 31.0 Å². The van der Waals surface area contributed by atoms with E-state index in [-0.39, 0.29) is 5.54 Å². The van der Waals surface area contributed by atoms with E-state index < -0.39 is 11.6 Å². The summed E-state index contributed by atoms with van der Waals surface area (Å²) in [6, 6.07) is 0. The van der Waals surface area contributed by atoms with Crippen molar-refractivity contribution in [2.24, 2.45) is 5.41 Å². The highest BCUT2D eigenvalue weighted by Crippen LogP contribution is 2.74. The maximum absolute atomic E-state index is 12.3. The monoisotopic (exact) mass is 179 g/mol. The summed E-state index contributed by atoms with van der Waals surface area (Å²) >= 11 is 0. The molecular formula is C8H12F3N. The minimum Gasteiger partial charge on any atom is -0.304 e. The molecule has 3 aliphatic carbocycles. The summed E-state index contributed by atoms with van der Waals surface area (Å²) in [7, 11) is 3.72. The van der Waals surface area contributed by atoms with E-state index in [2.05, 4.69) is 0 Å². The molecule has 0 aromatic carbocycles. The molecule has 0 amide bonds. The van der Waals surface area contributed by atoms with E-state index in [0.29, 0.717) is 19.3 Å². The Labute approximate surface area is 69.5 Å². The van der Waals surface area contributed by atoms with Crippen molar-refractivity contribution in [3.8, 4) is 0 Å². The topological polar surface area (TPSA) is 3.24 Å². The summed E-state index contributed by atoms with van der Waals surface area (Å²) < 4.78 is 37.0. The Balaban J connectivity index is 2.05. The van der Waals surface area contributed by atoms with Gasteiger partial charge >= 0.3 is 6.18 Å². The van der Waals surface area contributed by atoms with Gasteiger partial charge in [-0.05, 0) is 33.4 Å². The Morgan fingerprint density at radius 1 is 1.08 bits per heavy atom. The molecular weight excluding hydrogens is 167 g/mol. The molecule has 0 aliphatic heterocycles. The highest BCUT2D eigenvalue weighted by Gasteiger charge is 2.79. The molecule has 1 nitrogen and oxygen atoms in total. The second-order valence-electron chi connectivity index (χ2n) is 4.43. The molecule has 3 aliphatic rings. The highest BCUT2D eigenvalue weighted by atomic mass is 19.4. The van der Waals surface area contributed by atoms with Crippen LogP contribution in [0.15, 0.2) is 0 Å². The summed E-state index contributed by atoms with van der Waals surface area (Å²) in [6.45, 7) is 0. The number of hydrogen-bond acceptors (Lipinski definition) is 1. The van der Waals surface area contributed by atoms with Gasteiger partial charge in [0.2, 0.25) is 0 Å². The Morgan fingerprint density at radius 2 is 1.50 bits per heavy atom. The van der Waals surface area contributed by atoms with Crippen LogP contribution in [0.2, 0.25) is 0 Å². The van der Waals surface area contributed by atoms with Crippen LogP contribution in [0.4, 0.5) is 13.2 Å². The van der Waals surface area contributed by atoms with Crippen molar-refractivity contribution in [2.75, 3.05) is 14.1 Å². The van der Waals surface area contributed by atoms with Gasteiger partial charge in [-0.3, -0.25) is 0 Å². The minimum absolute atomic E-state index is 0.102. The Bertz CT molecular complexity index is 199. The van der Waals surface area contributed by atoms with E-state index in [9.17, 15) is 13.2 Å². The average Bonchev–Trinajstić information content (AvgIpc) is 1.46. The van der Waals surface area contributed by atoms with Gasteiger partial charge in [-0.2, -0.15) is 13.2 Å². The van der Waals surface area contributed by atoms with Crippen LogP contribution in [-0.4, -0.2) is 30.7 Å². The molecule has 0 radical (unpaired) electrons. The largest absolute Gasteiger partial charge is 0.394 e. The van der Waals surface area contributed by atoms with Gasteiger partial charge in [0.25, 0.3) is 0 Å². The molecule has 0 aromatic heterocycles. The maximum atomic E-state index is 12.3. The fraction of sp³-hybridized carbons (Fsp3) is 1.00. The molecule has 0 atom stereocenters. The fourth-order valence-electron chi connectivity index (χ4n) is 2.51. The molecule has 0 saturated heterocycles. The van der Waals surface area contributed by atoms with Crippen LogP contribution in [0.25, 0.3) is 0 Å². The van der Waals surface area contributed by atoms with Gasteiger partial charge in [-0.15, -0.1) is 0 Å². The SMILES string of the molecule is CN(C)C12CC(C(F)(F)F)(C1)C2. The van der Waals surface area contributed by atoms with Crippen LogP contribution in [-0.2, 0) is 0 Å². The summed E-state index contributed by atoms with van der Waals surface area (Å²) in [6.07, 6.45) is -3.02. The normalized spacial score (nSPS) is 45.5. The minimum atomic E-state index is -3.97. The third-order valence-electron chi connectivity index (χ3n) is 3.55. The number of nitrogens with zero attached hydrogens (tertiary/aromatic N) is 1. The first-order valence-electron chi connectivity index (χ1n) is 4.06. The van der Waals surface area contributed by atoms with Crippen LogP contribution in [0, 0.1) is 5.41 Å². The van der Waals surface area contributed by atoms with Crippen molar-refractivity contribution in [3.05, 3.63) is 0 Å². The van der Waals surface area contributed by atoms with E-state index in [0.717, 1.165) is 0 Å².